The summed E-state index contributed by atoms with van der Waals surface area (Å²) >= 11 is 0. The highest BCUT2D eigenvalue weighted by Crippen LogP contribution is 2.27. The Kier molecular flexibility index (Phi) is 4.75. The molecule has 1 saturated heterocycles. The summed E-state index contributed by atoms with van der Waals surface area (Å²) in [7, 11) is -2.03. The van der Waals surface area contributed by atoms with E-state index in [1.165, 1.54) is 23.5 Å². The molecule has 1 aliphatic rings. The zero-order valence-corrected chi connectivity index (χ0v) is 13.6. The molecule has 1 fully saturated rings. The minimum atomic E-state index is -3.50. The van der Waals surface area contributed by atoms with Crippen LogP contribution in [0.3, 0.4) is 0 Å². The van der Waals surface area contributed by atoms with Crippen molar-refractivity contribution in [3.63, 3.8) is 0 Å². The first kappa shape index (κ1) is 16.1. The van der Waals surface area contributed by atoms with Gasteiger partial charge in [-0.3, -0.25) is 4.90 Å². The van der Waals surface area contributed by atoms with Gasteiger partial charge in [-0.15, -0.1) is 0 Å². The molecule has 1 aromatic rings. The minimum absolute atomic E-state index is 0.217. The van der Waals surface area contributed by atoms with Gasteiger partial charge in [0.05, 0.1) is 17.7 Å². The lowest BCUT2D eigenvalue weighted by atomic mass is 10.2. The Hall–Kier alpha value is -1.31. The SMILES string of the molecule is CCN1CCN(S(=O)(=O)c2ccc(N)c(OC)c2)CC1C. The highest BCUT2D eigenvalue weighted by molar-refractivity contribution is 7.89. The average Bonchev–Trinajstić information content (AvgIpc) is 2.47. The van der Waals surface area contributed by atoms with Crippen LogP contribution < -0.4 is 10.5 Å². The van der Waals surface area contributed by atoms with Gasteiger partial charge < -0.3 is 10.5 Å². The van der Waals surface area contributed by atoms with E-state index in [9.17, 15) is 8.42 Å². The molecule has 1 atom stereocenters. The molecule has 1 heterocycles. The van der Waals surface area contributed by atoms with Crippen molar-refractivity contribution in [2.24, 2.45) is 0 Å². The van der Waals surface area contributed by atoms with Crippen LogP contribution in [0.25, 0.3) is 0 Å². The Labute approximate surface area is 126 Å². The van der Waals surface area contributed by atoms with Gasteiger partial charge in [-0.1, -0.05) is 6.92 Å². The largest absolute Gasteiger partial charge is 0.495 e. The standard InChI is InChI=1S/C14H23N3O3S/c1-4-16-7-8-17(10-11(16)2)21(18,19)12-5-6-13(15)14(9-12)20-3/h5-6,9,11H,4,7-8,10,15H2,1-3H3. The molecule has 0 saturated carbocycles. The Morgan fingerprint density at radius 2 is 2.10 bits per heavy atom. The molecule has 6 nitrogen and oxygen atoms in total. The third-order valence-electron chi connectivity index (χ3n) is 3.98. The lowest BCUT2D eigenvalue weighted by Crippen LogP contribution is -2.53. The van der Waals surface area contributed by atoms with Gasteiger partial charge in [0.25, 0.3) is 0 Å². The molecule has 1 aromatic carbocycles. The van der Waals surface area contributed by atoms with Crippen LogP contribution in [0, 0.1) is 0 Å². The second kappa shape index (κ2) is 6.21. The highest BCUT2D eigenvalue weighted by atomic mass is 32.2. The fourth-order valence-electron chi connectivity index (χ4n) is 2.65. The molecule has 7 heteroatoms. The second-order valence-electron chi connectivity index (χ2n) is 5.24. The van der Waals surface area contributed by atoms with Crippen LogP contribution in [0.5, 0.6) is 5.75 Å². The summed E-state index contributed by atoms with van der Waals surface area (Å²) in [5, 5.41) is 0. The fourth-order valence-corrected chi connectivity index (χ4v) is 4.18. The number of benzene rings is 1. The van der Waals surface area contributed by atoms with Gasteiger partial charge in [-0.05, 0) is 25.6 Å². The molecule has 2 rings (SSSR count). The van der Waals surface area contributed by atoms with Gasteiger partial charge in [0.2, 0.25) is 10.0 Å². The molecule has 0 aliphatic carbocycles. The van der Waals surface area contributed by atoms with E-state index in [4.69, 9.17) is 10.5 Å². The van der Waals surface area contributed by atoms with Crippen LogP contribution in [-0.2, 0) is 10.0 Å². The van der Waals surface area contributed by atoms with Crippen molar-refractivity contribution in [1.29, 1.82) is 0 Å². The number of sulfonamides is 1. The summed E-state index contributed by atoms with van der Waals surface area (Å²) in [4.78, 5) is 2.50. The van der Waals surface area contributed by atoms with Crippen LogP contribution in [-0.4, -0.2) is 57.0 Å². The maximum atomic E-state index is 12.7. The Bertz CT molecular complexity index is 603. The lowest BCUT2D eigenvalue weighted by molar-refractivity contribution is 0.135. The first-order valence-electron chi connectivity index (χ1n) is 7.07. The number of methoxy groups -OCH3 is 1. The first-order valence-corrected chi connectivity index (χ1v) is 8.51. The fraction of sp³-hybridized carbons (Fsp3) is 0.571. The molecule has 0 radical (unpaired) electrons. The van der Waals surface area contributed by atoms with Crippen LogP contribution in [0.1, 0.15) is 13.8 Å². The Balaban J connectivity index is 2.26. The van der Waals surface area contributed by atoms with Crippen molar-refractivity contribution in [2.45, 2.75) is 24.8 Å². The van der Waals surface area contributed by atoms with Crippen molar-refractivity contribution in [1.82, 2.24) is 9.21 Å². The molecule has 0 spiro atoms. The number of hydrogen-bond donors (Lipinski definition) is 1. The van der Waals surface area contributed by atoms with E-state index in [0.29, 0.717) is 24.5 Å². The number of rotatable bonds is 4. The molecule has 1 unspecified atom stereocenters. The topological polar surface area (TPSA) is 75.9 Å². The van der Waals surface area contributed by atoms with Crippen molar-refractivity contribution in [2.75, 3.05) is 39.0 Å². The van der Waals surface area contributed by atoms with Crippen molar-refractivity contribution in [3.8, 4) is 5.75 Å². The Morgan fingerprint density at radius 3 is 2.67 bits per heavy atom. The second-order valence-corrected chi connectivity index (χ2v) is 7.18. The number of anilines is 1. The summed E-state index contributed by atoms with van der Waals surface area (Å²) in [5.41, 5.74) is 6.17. The van der Waals surface area contributed by atoms with Crippen LogP contribution >= 0.6 is 0 Å². The zero-order chi connectivity index (χ0) is 15.6. The molecular formula is C14H23N3O3S. The lowest BCUT2D eigenvalue weighted by Gasteiger charge is -2.38. The number of nitrogen functional groups attached to an aromatic ring is 1. The molecular weight excluding hydrogens is 290 g/mol. The minimum Gasteiger partial charge on any atom is -0.495 e. The smallest absolute Gasteiger partial charge is 0.243 e. The molecule has 1 aliphatic heterocycles. The summed E-state index contributed by atoms with van der Waals surface area (Å²) in [5.74, 6) is 0.385. The van der Waals surface area contributed by atoms with E-state index in [0.717, 1.165) is 13.1 Å². The molecule has 0 aromatic heterocycles. The number of likely N-dealkylation sites (N-methyl/N-ethyl adjacent to an activating group) is 1. The summed E-state index contributed by atoms with van der Waals surface area (Å²) in [6.07, 6.45) is 0. The van der Waals surface area contributed by atoms with Gasteiger partial charge in [-0.2, -0.15) is 4.31 Å². The number of nitrogens with two attached hydrogens (primary N) is 1. The van der Waals surface area contributed by atoms with E-state index in [1.54, 1.807) is 6.07 Å². The van der Waals surface area contributed by atoms with Crippen molar-refractivity contribution >= 4 is 15.7 Å². The summed E-state index contributed by atoms with van der Waals surface area (Å²) in [6.45, 7) is 6.84. The molecule has 0 bridgehead atoms. The quantitative estimate of drug-likeness (QED) is 0.839. The van der Waals surface area contributed by atoms with Gasteiger partial charge in [0.1, 0.15) is 5.75 Å². The molecule has 21 heavy (non-hydrogen) atoms. The number of nitrogens with zero attached hydrogens (tertiary/aromatic N) is 2. The van der Waals surface area contributed by atoms with Gasteiger partial charge in [-0.25, -0.2) is 8.42 Å². The van der Waals surface area contributed by atoms with Gasteiger partial charge in [0, 0.05) is 31.7 Å². The predicted octanol–water partition coefficient (Wildman–Crippen LogP) is 0.992. The normalized spacial score (nSPS) is 21.4. The van der Waals surface area contributed by atoms with E-state index < -0.39 is 10.0 Å². The molecule has 0 amide bonds. The number of hydrogen-bond acceptors (Lipinski definition) is 5. The van der Waals surface area contributed by atoms with Gasteiger partial charge >= 0.3 is 0 Å². The predicted molar refractivity (Wildman–Crippen MR) is 82.9 cm³/mol. The van der Waals surface area contributed by atoms with Crippen LogP contribution in [0.2, 0.25) is 0 Å². The number of ether oxygens (including phenoxy) is 1. The van der Waals surface area contributed by atoms with Crippen molar-refractivity contribution < 1.29 is 13.2 Å². The van der Waals surface area contributed by atoms with E-state index >= 15 is 0 Å². The van der Waals surface area contributed by atoms with Crippen LogP contribution in [0.4, 0.5) is 5.69 Å². The average molecular weight is 313 g/mol. The summed E-state index contributed by atoms with van der Waals surface area (Å²) < 4.78 is 32.1. The monoisotopic (exact) mass is 313 g/mol. The van der Waals surface area contributed by atoms with Crippen LogP contribution in [0.15, 0.2) is 23.1 Å². The third-order valence-corrected chi connectivity index (χ3v) is 5.84. The highest BCUT2D eigenvalue weighted by Gasteiger charge is 2.31. The zero-order valence-electron chi connectivity index (χ0n) is 12.7. The molecule has 118 valence electrons. The van der Waals surface area contributed by atoms with E-state index in [1.807, 2.05) is 0 Å². The summed E-state index contributed by atoms with van der Waals surface area (Å²) in [6, 6.07) is 4.80. The van der Waals surface area contributed by atoms with Gasteiger partial charge in [0.15, 0.2) is 0 Å². The molecule has 2 N–H and O–H groups in total. The van der Waals surface area contributed by atoms with E-state index in [-0.39, 0.29) is 10.9 Å². The number of piperazine rings is 1. The maximum absolute atomic E-state index is 12.7. The third kappa shape index (κ3) is 3.14. The first-order chi connectivity index (χ1) is 9.90. The Morgan fingerprint density at radius 1 is 1.38 bits per heavy atom. The van der Waals surface area contributed by atoms with E-state index in [2.05, 4.69) is 18.7 Å². The van der Waals surface area contributed by atoms with Crippen molar-refractivity contribution in [3.05, 3.63) is 18.2 Å². The maximum Gasteiger partial charge on any atom is 0.243 e.